The van der Waals surface area contributed by atoms with Crippen molar-refractivity contribution in [1.82, 2.24) is 5.32 Å². The minimum Gasteiger partial charge on any atom is -0.314 e. The highest BCUT2D eigenvalue weighted by Crippen LogP contribution is 2.26. The maximum Gasteiger partial charge on any atom is 0.00701 e. The van der Waals surface area contributed by atoms with Crippen LogP contribution in [0.5, 0.6) is 0 Å². The predicted molar refractivity (Wildman–Crippen MR) is 54.3 cm³/mol. The number of hydrogen-bond donors (Lipinski definition) is 1. The molecule has 3 unspecified atom stereocenters. The first kappa shape index (κ1) is 10.0. The van der Waals surface area contributed by atoms with E-state index >= 15 is 0 Å². The molecule has 1 heteroatoms. The zero-order valence-electron chi connectivity index (χ0n) is 8.77. The molecule has 1 fully saturated rings. The van der Waals surface area contributed by atoms with E-state index < -0.39 is 0 Å². The first-order valence-electron chi connectivity index (χ1n) is 5.49. The summed E-state index contributed by atoms with van der Waals surface area (Å²) in [7, 11) is 0. The summed E-state index contributed by atoms with van der Waals surface area (Å²) < 4.78 is 0. The lowest BCUT2D eigenvalue weighted by Crippen LogP contribution is -2.23. The second-order valence-electron chi connectivity index (χ2n) is 4.33. The number of nitrogens with one attached hydrogen (secondary N) is 1. The van der Waals surface area contributed by atoms with Gasteiger partial charge in [0.25, 0.3) is 0 Å². The molecule has 0 aromatic carbocycles. The Bertz CT molecular complexity index is 112. The van der Waals surface area contributed by atoms with Crippen molar-refractivity contribution in [1.29, 1.82) is 0 Å². The van der Waals surface area contributed by atoms with Crippen LogP contribution >= 0.6 is 0 Å². The fourth-order valence-corrected chi connectivity index (χ4v) is 2.33. The van der Waals surface area contributed by atoms with Gasteiger partial charge in [-0.1, -0.05) is 33.1 Å². The summed E-state index contributed by atoms with van der Waals surface area (Å²) in [5, 5.41) is 3.55. The van der Waals surface area contributed by atoms with Gasteiger partial charge in [-0.3, -0.25) is 0 Å². The topological polar surface area (TPSA) is 12.0 Å². The summed E-state index contributed by atoms with van der Waals surface area (Å²) in [6, 6.07) is 0.761. The molecule has 1 aliphatic heterocycles. The van der Waals surface area contributed by atoms with Crippen LogP contribution in [0.1, 0.15) is 46.5 Å². The van der Waals surface area contributed by atoms with Crippen molar-refractivity contribution in [2.24, 2.45) is 11.8 Å². The summed E-state index contributed by atoms with van der Waals surface area (Å²) in [6.45, 7) is 8.23. The summed E-state index contributed by atoms with van der Waals surface area (Å²) in [5.41, 5.74) is 0. The maximum absolute atomic E-state index is 3.55. The van der Waals surface area contributed by atoms with E-state index in [1.165, 1.54) is 32.2 Å². The average molecular weight is 169 g/mol. The average Bonchev–Trinajstić information content (AvgIpc) is 2.35. The van der Waals surface area contributed by atoms with E-state index in [0.717, 1.165) is 17.9 Å². The van der Waals surface area contributed by atoms with Crippen molar-refractivity contribution in [3.63, 3.8) is 0 Å². The Morgan fingerprint density at radius 1 is 1.25 bits per heavy atom. The van der Waals surface area contributed by atoms with Crippen molar-refractivity contribution in [3.8, 4) is 0 Å². The Morgan fingerprint density at radius 2 is 2.00 bits per heavy atom. The lowest BCUT2D eigenvalue weighted by Gasteiger charge is -2.18. The Balaban J connectivity index is 2.20. The van der Waals surface area contributed by atoms with Gasteiger partial charge in [0.2, 0.25) is 0 Å². The number of unbranched alkanes of at least 4 members (excludes halogenated alkanes) is 2. The summed E-state index contributed by atoms with van der Waals surface area (Å²) in [4.78, 5) is 0. The van der Waals surface area contributed by atoms with E-state index in [0.29, 0.717) is 0 Å². The third kappa shape index (κ3) is 2.48. The van der Waals surface area contributed by atoms with E-state index in [-0.39, 0.29) is 0 Å². The highest BCUT2D eigenvalue weighted by Gasteiger charge is 2.28. The second kappa shape index (κ2) is 4.86. The Hall–Kier alpha value is -0.0400. The van der Waals surface area contributed by atoms with Gasteiger partial charge in [0.05, 0.1) is 0 Å². The first-order valence-corrected chi connectivity index (χ1v) is 5.49. The molecule has 1 nitrogen and oxygen atoms in total. The summed E-state index contributed by atoms with van der Waals surface area (Å²) in [5.74, 6) is 1.84. The normalized spacial score (nSPS) is 35.8. The van der Waals surface area contributed by atoms with E-state index in [1.807, 2.05) is 0 Å². The lowest BCUT2D eigenvalue weighted by molar-refractivity contribution is 0.357. The predicted octanol–water partition coefficient (Wildman–Crippen LogP) is 2.81. The van der Waals surface area contributed by atoms with Gasteiger partial charge in [0.1, 0.15) is 0 Å². The van der Waals surface area contributed by atoms with E-state index in [1.54, 1.807) is 0 Å². The fourth-order valence-electron chi connectivity index (χ4n) is 2.33. The third-order valence-electron chi connectivity index (χ3n) is 3.28. The Labute approximate surface area is 76.9 Å². The molecule has 0 bridgehead atoms. The van der Waals surface area contributed by atoms with Crippen LogP contribution in [0, 0.1) is 11.8 Å². The number of hydrogen-bond acceptors (Lipinski definition) is 1. The highest BCUT2D eigenvalue weighted by molar-refractivity contribution is 4.84. The van der Waals surface area contributed by atoms with Gasteiger partial charge < -0.3 is 5.32 Å². The molecule has 1 N–H and O–H groups in total. The van der Waals surface area contributed by atoms with Gasteiger partial charge in [-0.25, -0.2) is 0 Å². The zero-order chi connectivity index (χ0) is 8.97. The van der Waals surface area contributed by atoms with Crippen LogP contribution in [0.15, 0.2) is 0 Å². The van der Waals surface area contributed by atoms with Gasteiger partial charge in [-0.05, 0) is 31.7 Å². The molecule has 1 aliphatic rings. The zero-order valence-corrected chi connectivity index (χ0v) is 8.77. The largest absolute Gasteiger partial charge is 0.314 e. The van der Waals surface area contributed by atoms with Gasteiger partial charge in [-0.2, -0.15) is 0 Å². The van der Waals surface area contributed by atoms with Crippen molar-refractivity contribution in [2.75, 3.05) is 6.54 Å². The molecule has 72 valence electrons. The summed E-state index contributed by atoms with van der Waals surface area (Å²) >= 11 is 0. The monoisotopic (exact) mass is 169 g/mol. The molecule has 0 aromatic heterocycles. The van der Waals surface area contributed by atoms with Crippen LogP contribution in [0.3, 0.4) is 0 Å². The molecular weight excluding hydrogens is 146 g/mol. The van der Waals surface area contributed by atoms with Crippen LogP contribution in [0.25, 0.3) is 0 Å². The lowest BCUT2D eigenvalue weighted by atomic mass is 9.88. The minimum atomic E-state index is 0.761. The third-order valence-corrected chi connectivity index (χ3v) is 3.28. The summed E-state index contributed by atoms with van der Waals surface area (Å²) in [6.07, 6.45) is 5.62. The quantitative estimate of drug-likeness (QED) is 0.638. The van der Waals surface area contributed by atoms with Crippen LogP contribution in [-0.4, -0.2) is 12.6 Å². The van der Waals surface area contributed by atoms with Gasteiger partial charge in [-0.15, -0.1) is 0 Å². The molecule has 0 aliphatic carbocycles. The van der Waals surface area contributed by atoms with Crippen molar-refractivity contribution in [2.45, 2.75) is 52.5 Å². The SMILES string of the molecule is CCCCCC1C(C)CNC1C. The smallest absolute Gasteiger partial charge is 0.00701 e. The fraction of sp³-hybridized carbons (Fsp3) is 1.00. The molecule has 12 heavy (non-hydrogen) atoms. The molecule has 1 saturated heterocycles. The molecule has 0 radical (unpaired) electrons. The van der Waals surface area contributed by atoms with Crippen LogP contribution in [0.4, 0.5) is 0 Å². The van der Waals surface area contributed by atoms with Crippen molar-refractivity contribution < 1.29 is 0 Å². The van der Waals surface area contributed by atoms with Crippen molar-refractivity contribution >= 4 is 0 Å². The molecule has 1 rings (SSSR count). The van der Waals surface area contributed by atoms with Crippen LogP contribution in [-0.2, 0) is 0 Å². The molecule has 0 aromatic rings. The van der Waals surface area contributed by atoms with E-state index in [4.69, 9.17) is 0 Å². The molecule has 0 amide bonds. The van der Waals surface area contributed by atoms with Gasteiger partial charge >= 0.3 is 0 Å². The minimum absolute atomic E-state index is 0.761. The van der Waals surface area contributed by atoms with Crippen molar-refractivity contribution in [3.05, 3.63) is 0 Å². The Kier molecular flexibility index (Phi) is 4.07. The van der Waals surface area contributed by atoms with Gasteiger partial charge in [0.15, 0.2) is 0 Å². The van der Waals surface area contributed by atoms with Gasteiger partial charge in [0, 0.05) is 6.04 Å². The van der Waals surface area contributed by atoms with Crippen LogP contribution in [0.2, 0.25) is 0 Å². The van der Waals surface area contributed by atoms with Crippen LogP contribution < -0.4 is 5.32 Å². The molecule has 3 atom stereocenters. The Morgan fingerprint density at radius 3 is 2.50 bits per heavy atom. The highest BCUT2D eigenvalue weighted by atomic mass is 15.0. The number of rotatable bonds is 4. The first-order chi connectivity index (χ1) is 5.75. The van der Waals surface area contributed by atoms with E-state index in [2.05, 4.69) is 26.1 Å². The maximum atomic E-state index is 3.55. The molecular formula is C11H23N. The molecule has 0 spiro atoms. The second-order valence-corrected chi connectivity index (χ2v) is 4.33. The molecule has 1 heterocycles. The molecule has 0 saturated carbocycles. The standard InChI is InChI=1S/C11H23N/c1-4-5-6-7-11-9(2)8-12-10(11)3/h9-12H,4-8H2,1-3H3. The van der Waals surface area contributed by atoms with E-state index in [9.17, 15) is 0 Å².